The number of carbonyl (C=O) groups excluding carboxylic acids is 2. The fourth-order valence-corrected chi connectivity index (χ4v) is 5.97. The molecule has 2 fully saturated rings. The Hall–Kier alpha value is -4.14. The normalized spacial score (nSPS) is 24.0. The lowest BCUT2D eigenvalue weighted by atomic mass is 9.93. The highest BCUT2D eigenvalue weighted by molar-refractivity contribution is 5.93. The molecular weight excluding hydrogens is 500 g/mol. The zero-order valence-corrected chi connectivity index (χ0v) is 21.4. The van der Waals surface area contributed by atoms with Crippen LogP contribution in [0.1, 0.15) is 71.0 Å². The van der Waals surface area contributed by atoms with E-state index in [1.807, 2.05) is 30.0 Å². The molecule has 7 nitrogen and oxygen atoms in total. The van der Waals surface area contributed by atoms with Crippen LogP contribution in [0.4, 0.5) is 8.78 Å². The number of nitrogens with zero attached hydrogens (tertiary/aromatic N) is 4. The smallest absolute Gasteiger partial charge is 0.273 e. The molecule has 39 heavy (non-hydrogen) atoms. The molecule has 1 aliphatic heterocycles. The summed E-state index contributed by atoms with van der Waals surface area (Å²) >= 11 is 0. The van der Waals surface area contributed by atoms with E-state index in [1.165, 1.54) is 17.7 Å². The number of halogens is 2. The number of fused-ring (bicyclic) bond motifs is 2. The van der Waals surface area contributed by atoms with Gasteiger partial charge < -0.3 is 10.6 Å². The Labute approximate surface area is 223 Å². The third-order valence-corrected chi connectivity index (χ3v) is 8.49. The van der Waals surface area contributed by atoms with Crippen molar-refractivity contribution in [2.45, 2.75) is 50.2 Å². The summed E-state index contributed by atoms with van der Waals surface area (Å²) < 4.78 is 31.9. The Morgan fingerprint density at radius 2 is 1.90 bits per heavy atom. The van der Waals surface area contributed by atoms with Crippen molar-refractivity contribution in [2.75, 3.05) is 6.54 Å². The Kier molecular flexibility index (Phi) is 5.17. The van der Waals surface area contributed by atoms with E-state index in [0.29, 0.717) is 23.6 Å². The first-order valence-corrected chi connectivity index (χ1v) is 13.3. The standard InChI is InChI=1S/C30H27F2N5O2/c1-16-20-5-3-2-4-17(20)10-11-36(16)29(39)25-13-26(18-6-7-18)37-27(34-25)14-24(35-37)21-9-8-19(12-23(21)31)30(32)15-22(30)28(33)38/h2-5,8-9,12-14,16,18,22H,6-7,10-11,15H2,1H3,(H2,33,38)/t16-,22+,30-/m1/s1. The van der Waals surface area contributed by atoms with Gasteiger partial charge in [-0.05, 0) is 61.1 Å². The molecule has 9 heteroatoms. The summed E-state index contributed by atoms with van der Waals surface area (Å²) in [5, 5.41) is 4.63. The molecule has 2 aliphatic carbocycles. The Morgan fingerprint density at radius 3 is 2.62 bits per heavy atom. The van der Waals surface area contributed by atoms with Crippen LogP contribution < -0.4 is 5.73 Å². The molecule has 2 aromatic carbocycles. The van der Waals surface area contributed by atoms with Gasteiger partial charge in [0, 0.05) is 36.2 Å². The van der Waals surface area contributed by atoms with Gasteiger partial charge in [-0.2, -0.15) is 5.10 Å². The molecule has 198 valence electrons. The van der Waals surface area contributed by atoms with Crippen molar-refractivity contribution < 1.29 is 18.4 Å². The second kappa shape index (κ2) is 8.43. The number of nitrogens with two attached hydrogens (primary N) is 1. The maximum atomic E-state index is 15.2. The molecule has 7 rings (SSSR count). The largest absolute Gasteiger partial charge is 0.369 e. The van der Waals surface area contributed by atoms with E-state index < -0.39 is 23.3 Å². The lowest BCUT2D eigenvalue weighted by Crippen LogP contribution is -2.39. The summed E-state index contributed by atoms with van der Waals surface area (Å²) in [5.74, 6) is -2.19. The van der Waals surface area contributed by atoms with Crippen LogP contribution in [0.3, 0.4) is 0 Å². The molecule has 2 N–H and O–H groups in total. The maximum absolute atomic E-state index is 15.2. The van der Waals surface area contributed by atoms with Gasteiger partial charge >= 0.3 is 0 Å². The summed E-state index contributed by atoms with van der Waals surface area (Å²) in [6, 6.07) is 15.7. The number of hydrogen-bond acceptors (Lipinski definition) is 4. The van der Waals surface area contributed by atoms with Crippen molar-refractivity contribution in [3.8, 4) is 11.3 Å². The first-order chi connectivity index (χ1) is 18.7. The molecule has 2 amide bonds. The Balaban J connectivity index is 1.24. The van der Waals surface area contributed by atoms with Crippen molar-refractivity contribution in [2.24, 2.45) is 11.7 Å². The van der Waals surface area contributed by atoms with Crippen molar-refractivity contribution in [3.63, 3.8) is 0 Å². The molecule has 3 aliphatic rings. The van der Waals surface area contributed by atoms with E-state index in [4.69, 9.17) is 5.73 Å². The van der Waals surface area contributed by atoms with Crippen LogP contribution in [0.25, 0.3) is 16.9 Å². The molecule has 0 unspecified atom stereocenters. The third kappa shape index (κ3) is 3.82. The monoisotopic (exact) mass is 527 g/mol. The predicted octanol–water partition coefficient (Wildman–Crippen LogP) is 4.84. The summed E-state index contributed by atoms with van der Waals surface area (Å²) in [4.78, 5) is 31.6. The van der Waals surface area contributed by atoms with Crippen LogP contribution in [0.15, 0.2) is 54.6 Å². The number of aromatic nitrogens is 3. The van der Waals surface area contributed by atoms with Gasteiger partial charge in [-0.25, -0.2) is 18.3 Å². The van der Waals surface area contributed by atoms with Crippen LogP contribution in [0.5, 0.6) is 0 Å². The van der Waals surface area contributed by atoms with Crippen molar-refractivity contribution >= 4 is 17.5 Å². The summed E-state index contributed by atoms with van der Waals surface area (Å²) in [5.41, 5.74) is 8.05. The molecule has 0 saturated heterocycles. The van der Waals surface area contributed by atoms with Crippen molar-refractivity contribution in [3.05, 3.63) is 88.5 Å². The highest BCUT2D eigenvalue weighted by Crippen LogP contribution is 2.55. The zero-order valence-electron chi connectivity index (χ0n) is 21.4. The lowest BCUT2D eigenvalue weighted by molar-refractivity contribution is -0.120. The molecule has 3 heterocycles. The second-order valence-electron chi connectivity index (χ2n) is 11.0. The van der Waals surface area contributed by atoms with Gasteiger partial charge in [0.1, 0.15) is 17.2 Å². The third-order valence-electron chi connectivity index (χ3n) is 8.49. The molecule has 4 aromatic rings. The van der Waals surface area contributed by atoms with E-state index in [-0.39, 0.29) is 35.4 Å². The van der Waals surface area contributed by atoms with Gasteiger partial charge in [0.2, 0.25) is 5.91 Å². The molecule has 0 spiro atoms. The van der Waals surface area contributed by atoms with Crippen LogP contribution in [-0.2, 0) is 16.9 Å². The minimum atomic E-state index is -1.92. The summed E-state index contributed by atoms with van der Waals surface area (Å²) in [6.45, 7) is 2.64. The van der Waals surface area contributed by atoms with Crippen LogP contribution >= 0.6 is 0 Å². The number of amides is 2. The quantitative estimate of drug-likeness (QED) is 0.402. The number of rotatable bonds is 5. The second-order valence-corrected chi connectivity index (χ2v) is 11.0. The Morgan fingerprint density at radius 1 is 1.10 bits per heavy atom. The van der Waals surface area contributed by atoms with Crippen LogP contribution in [0, 0.1) is 11.7 Å². The summed E-state index contributed by atoms with van der Waals surface area (Å²) in [7, 11) is 0. The van der Waals surface area contributed by atoms with Gasteiger partial charge in [-0.1, -0.05) is 30.3 Å². The minimum absolute atomic E-state index is 0.0395. The molecule has 0 radical (unpaired) electrons. The van der Waals surface area contributed by atoms with E-state index in [2.05, 4.69) is 22.2 Å². The van der Waals surface area contributed by atoms with E-state index in [1.54, 1.807) is 10.6 Å². The maximum Gasteiger partial charge on any atom is 0.273 e. The van der Waals surface area contributed by atoms with Gasteiger partial charge in [-0.15, -0.1) is 0 Å². The van der Waals surface area contributed by atoms with E-state index in [9.17, 15) is 9.59 Å². The first kappa shape index (κ1) is 23.9. The molecular formula is C30H27F2N5O2. The predicted molar refractivity (Wildman–Crippen MR) is 140 cm³/mol. The number of alkyl halides is 1. The highest BCUT2D eigenvalue weighted by Gasteiger charge is 2.60. The molecule has 2 saturated carbocycles. The zero-order chi connectivity index (χ0) is 27.1. The van der Waals surface area contributed by atoms with Gasteiger partial charge in [0.05, 0.1) is 17.7 Å². The van der Waals surface area contributed by atoms with Crippen molar-refractivity contribution in [1.82, 2.24) is 19.5 Å². The average molecular weight is 528 g/mol. The highest BCUT2D eigenvalue weighted by atomic mass is 19.1. The van der Waals surface area contributed by atoms with Crippen LogP contribution in [0.2, 0.25) is 0 Å². The molecule has 0 bridgehead atoms. The van der Waals surface area contributed by atoms with Gasteiger partial charge in [-0.3, -0.25) is 9.59 Å². The number of hydrogen-bond donors (Lipinski definition) is 1. The Bertz CT molecular complexity index is 1680. The van der Waals surface area contributed by atoms with Crippen LogP contribution in [-0.4, -0.2) is 37.9 Å². The summed E-state index contributed by atoms with van der Waals surface area (Å²) in [6.07, 6.45) is 2.72. The fourth-order valence-electron chi connectivity index (χ4n) is 5.97. The number of benzene rings is 2. The first-order valence-electron chi connectivity index (χ1n) is 13.3. The van der Waals surface area contributed by atoms with E-state index in [0.717, 1.165) is 36.6 Å². The van der Waals surface area contributed by atoms with E-state index >= 15 is 8.78 Å². The molecule has 2 aromatic heterocycles. The average Bonchev–Trinajstić information content (AvgIpc) is 3.84. The lowest BCUT2D eigenvalue weighted by Gasteiger charge is -2.35. The number of primary amides is 1. The SMILES string of the molecule is C[C@@H]1c2ccccc2CCN1C(=O)c1cc(C2CC2)n2nc(-c3ccc([C@]4(F)C[C@H]4C(N)=O)cc3F)cc2n1. The minimum Gasteiger partial charge on any atom is -0.369 e. The van der Waals surface area contributed by atoms with Gasteiger partial charge in [0.25, 0.3) is 5.91 Å². The molecule has 3 atom stereocenters. The topological polar surface area (TPSA) is 93.6 Å². The number of carbonyl (C=O) groups is 2. The fraction of sp³-hybridized carbons (Fsp3) is 0.333. The van der Waals surface area contributed by atoms with Gasteiger partial charge in [0.15, 0.2) is 5.65 Å². The van der Waals surface area contributed by atoms with Crippen molar-refractivity contribution in [1.29, 1.82) is 0 Å².